The van der Waals surface area contributed by atoms with Crippen LogP contribution in [0.3, 0.4) is 0 Å². The monoisotopic (exact) mass is 429 g/mol. The number of nitrogens with zero attached hydrogens (tertiary/aromatic N) is 4. The van der Waals surface area contributed by atoms with E-state index in [0.29, 0.717) is 43.0 Å². The van der Waals surface area contributed by atoms with Gasteiger partial charge >= 0.3 is 0 Å². The summed E-state index contributed by atoms with van der Waals surface area (Å²) in [5.41, 5.74) is 2.91. The molecule has 2 aromatic carbocycles. The van der Waals surface area contributed by atoms with Crippen LogP contribution in [0.1, 0.15) is 56.9 Å². The number of aryl methyl sites for hydroxylation is 1. The third kappa shape index (κ3) is 4.42. The second-order valence-electron chi connectivity index (χ2n) is 8.35. The van der Waals surface area contributed by atoms with E-state index in [1.165, 1.54) is 19.3 Å². The number of carbonyl (C=O) groups excluding carboxylic acids is 1. The molecular weight excluding hydrogens is 402 g/mol. The molecule has 4 aromatic rings. The van der Waals surface area contributed by atoms with E-state index >= 15 is 0 Å². The molecule has 0 radical (unpaired) electrons. The van der Waals surface area contributed by atoms with E-state index in [9.17, 15) is 4.79 Å². The molecular formula is C25H27N5O2. The van der Waals surface area contributed by atoms with Crippen molar-refractivity contribution in [2.45, 2.75) is 57.4 Å². The Hall–Kier alpha value is -3.48. The number of rotatable bonds is 7. The van der Waals surface area contributed by atoms with E-state index in [1.807, 2.05) is 48.5 Å². The number of nitrogens with one attached hydrogen (secondary N) is 1. The minimum absolute atomic E-state index is 0.0415. The van der Waals surface area contributed by atoms with Gasteiger partial charge < -0.3 is 8.98 Å². The van der Waals surface area contributed by atoms with Gasteiger partial charge in [-0.1, -0.05) is 49.6 Å². The molecule has 164 valence electrons. The minimum Gasteiger partial charge on any atom is -0.421 e. The van der Waals surface area contributed by atoms with Gasteiger partial charge in [-0.25, -0.2) is 4.98 Å². The van der Waals surface area contributed by atoms with Crippen molar-refractivity contribution in [3.05, 3.63) is 60.5 Å². The Morgan fingerprint density at radius 2 is 1.78 bits per heavy atom. The van der Waals surface area contributed by atoms with Crippen LogP contribution in [-0.2, 0) is 11.2 Å². The SMILES string of the molecule is O=C(CCCc1nnc(-c2ccccc2)o1)Nc1nc2ccccc2n1C1CCCCC1. The smallest absolute Gasteiger partial charge is 0.247 e. The average Bonchev–Trinajstić information content (AvgIpc) is 3.45. The Morgan fingerprint density at radius 1 is 1.00 bits per heavy atom. The van der Waals surface area contributed by atoms with Gasteiger partial charge in [-0.3, -0.25) is 10.1 Å². The quantitative estimate of drug-likeness (QED) is 0.416. The lowest BCUT2D eigenvalue weighted by atomic mass is 9.95. The number of imidazole rings is 1. The third-order valence-electron chi connectivity index (χ3n) is 6.07. The summed E-state index contributed by atoms with van der Waals surface area (Å²) in [6.07, 6.45) is 7.55. The van der Waals surface area contributed by atoms with Crippen molar-refractivity contribution in [2.24, 2.45) is 0 Å². The summed E-state index contributed by atoms with van der Waals surface area (Å²) in [6.45, 7) is 0. The molecule has 1 aliphatic carbocycles. The van der Waals surface area contributed by atoms with E-state index in [2.05, 4.69) is 26.1 Å². The Bertz CT molecular complexity index is 1190. The number of hydrogen-bond donors (Lipinski definition) is 1. The predicted octanol–water partition coefficient (Wildman–Crippen LogP) is 5.55. The van der Waals surface area contributed by atoms with Crippen LogP contribution in [-0.4, -0.2) is 25.7 Å². The molecule has 1 aliphatic rings. The highest BCUT2D eigenvalue weighted by Gasteiger charge is 2.22. The van der Waals surface area contributed by atoms with Crippen LogP contribution in [0, 0.1) is 0 Å². The minimum atomic E-state index is -0.0415. The van der Waals surface area contributed by atoms with Crippen molar-refractivity contribution < 1.29 is 9.21 Å². The second kappa shape index (κ2) is 9.34. The maximum Gasteiger partial charge on any atom is 0.247 e. The van der Waals surface area contributed by atoms with Crippen LogP contribution >= 0.6 is 0 Å². The van der Waals surface area contributed by atoms with E-state index in [0.717, 1.165) is 29.4 Å². The molecule has 32 heavy (non-hydrogen) atoms. The van der Waals surface area contributed by atoms with Gasteiger partial charge in [0, 0.05) is 24.4 Å². The van der Waals surface area contributed by atoms with Crippen molar-refractivity contribution in [2.75, 3.05) is 5.32 Å². The van der Waals surface area contributed by atoms with E-state index in [4.69, 9.17) is 9.40 Å². The van der Waals surface area contributed by atoms with Crippen molar-refractivity contribution in [3.63, 3.8) is 0 Å². The van der Waals surface area contributed by atoms with Gasteiger partial charge in [-0.2, -0.15) is 0 Å². The molecule has 0 saturated heterocycles. The summed E-state index contributed by atoms with van der Waals surface area (Å²) >= 11 is 0. The van der Waals surface area contributed by atoms with Crippen LogP contribution in [0.4, 0.5) is 5.95 Å². The topological polar surface area (TPSA) is 85.8 Å². The van der Waals surface area contributed by atoms with Crippen LogP contribution in [0.5, 0.6) is 0 Å². The van der Waals surface area contributed by atoms with Crippen LogP contribution in [0.15, 0.2) is 59.0 Å². The summed E-state index contributed by atoms with van der Waals surface area (Å²) in [5, 5.41) is 11.3. The molecule has 0 spiro atoms. The molecule has 2 heterocycles. The number of carbonyl (C=O) groups is 1. The first-order valence-electron chi connectivity index (χ1n) is 11.4. The molecule has 0 unspecified atom stereocenters. The fraction of sp³-hybridized carbons (Fsp3) is 0.360. The Balaban J connectivity index is 1.22. The lowest BCUT2D eigenvalue weighted by Crippen LogP contribution is -2.19. The lowest BCUT2D eigenvalue weighted by molar-refractivity contribution is -0.116. The molecule has 1 saturated carbocycles. The standard InChI is InChI=1S/C25H27N5O2/c31-22(16-9-17-23-28-29-24(32-23)18-10-3-1-4-11-18)27-25-26-20-14-7-8-15-21(20)30(25)19-12-5-2-6-13-19/h1,3-4,7-8,10-11,14-15,19H,2,5-6,9,12-13,16-17H2,(H,26,27,31). The van der Waals surface area contributed by atoms with Crippen molar-refractivity contribution in [1.29, 1.82) is 0 Å². The fourth-order valence-electron chi connectivity index (χ4n) is 4.48. The Labute approximate surface area is 186 Å². The van der Waals surface area contributed by atoms with Gasteiger partial charge in [0.25, 0.3) is 0 Å². The number of fused-ring (bicyclic) bond motifs is 1. The molecule has 0 atom stereocenters. The largest absolute Gasteiger partial charge is 0.421 e. The molecule has 0 aliphatic heterocycles. The van der Waals surface area contributed by atoms with Gasteiger partial charge in [-0.15, -0.1) is 10.2 Å². The summed E-state index contributed by atoms with van der Waals surface area (Å²) in [7, 11) is 0. The van der Waals surface area contributed by atoms with Crippen LogP contribution in [0.2, 0.25) is 0 Å². The molecule has 7 heteroatoms. The molecule has 2 aromatic heterocycles. The van der Waals surface area contributed by atoms with Crippen LogP contribution in [0.25, 0.3) is 22.5 Å². The fourth-order valence-corrected chi connectivity index (χ4v) is 4.48. The number of anilines is 1. The molecule has 0 bridgehead atoms. The summed E-state index contributed by atoms with van der Waals surface area (Å²) in [5.74, 6) is 1.67. The number of amides is 1. The zero-order valence-electron chi connectivity index (χ0n) is 18.0. The normalized spacial score (nSPS) is 14.6. The maximum absolute atomic E-state index is 12.7. The highest BCUT2D eigenvalue weighted by atomic mass is 16.4. The molecule has 5 rings (SSSR count). The maximum atomic E-state index is 12.7. The van der Waals surface area contributed by atoms with Gasteiger partial charge in [-0.05, 0) is 43.5 Å². The number of para-hydroxylation sites is 2. The highest BCUT2D eigenvalue weighted by Crippen LogP contribution is 2.34. The lowest BCUT2D eigenvalue weighted by Gasteiger charge is -2.25. The highest BCUT2D eigenvalue weighted by molar-refractivity contribution is 5.91. The van der Waals surface area contributed by atoms with Gasteiger partial charge in [0.1, 0.15) is 0 Å². The Kier molecular flexibility index (Phi) is 5.96. The summed E-state index contributed by atoms with van der Waals surface area (Å²) < 4.78 is 7.97. The number of benzene rings is 2. The van der Waals surface area contributed by atoms with Gasteiger partial charge in [0.2, 0.25) is 23.6 Å². The zero-order chi connectivity index (χ0) is 21.8. The first-order chi connectivity index (χ1) is 15.8. The molecule has 1 amide bonds. The summed E-state index contributed by atoms with van der Waals surface area (Å²) in [6, 6.07) is 18.2. The molecule has 7 nitrogen and oxygen atoms in total. The first kappa shape index (κ1) is 20.4. The molecule has 1 N–H and O–H groups in total. The van der Waals surface area contributed by atoms with Gasteiger partial charge in [0.15, 0.2) is 0 Å². The van der Waals surface area contributed by atoms with Crippen molar-refractivity contribution >= 4 is 22.9 Å². The zero-order valence-corrected chi connectivity index (χ0v) is 18.0. The second-order valence-corrected chi connectivity index (χ2v) is 8.35. The van der Waals surface area contributed by atoms with E-state index in [-0.39, 0.29) is 5.91 Å². The third-order valence-corrected chi connectivity index (χ3v) is 6.07. The number of aromatic nitrogens is 4. The van der Waals surface area contributed by atoms with Crippen molar-refractivity contribution in [3.8, 4) is 11.5 Å². The van der Waals surface area contributed by atoms with Gasteiger partial charge in [0.05, 0.1) is 11.0 Å². The van der Waals surface area contributed by atoms with Crippen LogP contribution < -0.4 is 5.32 Å². The number of hydrogen-bond acceptors (Lipinski definition) is 5. The van der Waals surface area contributed by atoms with Crippen molar-refractivity contribution in [1.82, 2.24) is 19.7 Å². The average molecular weight is 430 g/mol. The van der Waals surface area contributed by atoms with E-state index in [1.54, 1.807) is 0 Å². The Morgan fingerprint density at radius 3 is 2.62 bits per heavy atom. The van der Waals surface area contributed by atoms with E-state index < -0.39 is 0 Å². The first-order valence-corrected chi connectivity index (χ1v) is 11.4. The predicted molar refractivity (Wildman–Crippen MR) is 123 cm³/mol. The molecule has 1 fully saturated rings. The summed E-state index contributed by atoms with van der Waals surface area (Å²) in [4.78, 5) is 17.4.